The van der Waals surface area contributed by atoms with Crippen molar-refractivity contribution in [2.75, 3.05) is 20.8 Å². The van der Waals surface area contributed by atoms with Gasteiger partial charge in [-0.2, -0.15) is 0 Å². The molecule has 0 aliphatic carbocycles. The van der Waals surface area contributed by atoms with Crippen LogP contribution in [0.2, 0.25) is 0 Å². The molecule has 1 heterocycles. The first-order valence-corrected chi connectivity index (χ1v) is 8.64. The van der Waals surface area contributed by atoms with Gasteiger partial charge in [0.25, 0.3) is 5.56 Å². The Labute approximate surface area is 145 Å². The Morgan fingerprint density at radius 1 is 1.33 bits per heavy atom. The summed E-state index contributed by atoms with van der Waals surface area (Å²) in [5, 5.41) is 1.43. The van der Waals surface area contributed by atoms with E-state index in [4.69, 9.17) is 9.47 Å². The summed E-state index contributed by atoms with van der Waals surface area (Å²) in [6, 6.07) is 4.83. The van der Waals surface area contributed by atoms with E-state index in [1.165, 1.54) is 18.9 Å². The van der Waals surface area contributed by atoms with Crippen molar-refractivity contribution in [2.45, 2.75) is 37.2 Å². The van der Waals surface area contributed by atoms with Crippen LogP contribution in [0.5, 0.6) is 0 Å². The molecule has 0 saturated heterocycles. The van der Waals surface area contributed by atoms with Crippen molar-refractivity contribution < 1.29 is 14.3 Å². The molecule has 0 aliphatic heterocycles. The van der Waals surface area contributed by atoms with Gasteiger partial charge < -0.3 is 9.47 Å². The van der Waals surface area contributed by atoms with Gasteiger partial charge in [0.1, 0.15) is 0 Å². The molecule has 0 fully saturated rings. The average Bonchev–Trinajstić information content (AvgIpc) is 2.56. The van der Waals surface area contributed by atoms with Crippen molar-refractivity contribution in [3.63, 3.8) is 0 Å². The predicted octanol–water partition coefficient (Wildman–Crippen LogP) is 2.72. The second-order valence-corrected chi connectivity index (χ2v) is 7.13. The number of fused-ring (bicyclic) bond motifs is 1. The summed E-state index contributed by atoms with van der Waals surface area (Å²) in [6.07, 6.45) is 0.732. The average molecular weight is 350 g/mol. The third-order valence-electron chi connectivity index (χ3n) is 3.41. The van der Waals surface area contributed by atoms with Crippen molar-refractivity contribution in [2.24, 2.45) is 0 Å². The van der Waals surface area contributed by atoms with E-state index < -0.39 is 5.97 Å². The summed E-state index contributed by atoms with van der Waals surface area (Å²) in [7, 11) is 2.97. The van der Waals surface area contributed by atoms with E-state index in [0.717, 1.165) is 6.42 Å². The van der Waals surface area contributed by atoms with Crippen molar-refractivity contribution in [1.82, 2.24) is 9.55 Å². The van der Waals surface area contributed by atoms with Crippen LogP contribution in [0.15, 0.2) is 28.2 Å². The zero-order valence-electron chi connectivity index (χ0n) is 14.4. The van der Waals surface area contributed by atoms with Crippen LogP contribution in [-0.4, -0.2) is 41.6 Å². The normalized spacial score (nSPS) is 11.2. The summed E-state index contributed by atoms with van der Waals surface area (Å²) in [5.74, 6) is -0.443. The van der Waals surface area contributed by atoms with Crippen LogP contribution in [-0.2, 0) is 16.0 Å². The monoisotopic (exact) mass is 350 g/mol. The van der Waals surface area contributed by atoms with Crippen molar-refractivity contribution in [3.8, 4) is 0 Å². The number of aromatic nitrogens is 2. The number of rotatable bonds is 7. The number of hydrogen-bond donors (Lipinski definition) is 0. The number of nitrogens with zero attached hydrogens (tertiary/aromatic N) is 2. The van der Waals surface area contributed by atoms with E-state index in [2.05, 4.69) is 4.98 Å². The van der Waals surface area contributed by atoms with Crippen LogP contribution < -0.4 is 5.56 Å². The Morgan fingerprint density at radius 2 is 2.08 bits per heavy atom. The SMILES string of the molecule is COCCCn1c(SC(C)C)nc2cc(C(=O)OC)ccc2c1=O. The number of ether oxygens (including phenoxy) is 2. The molecule has 0 N–H and O–H groups in total. The molecule has 0 unspecified atom stereocenters. The number of hydrogen-bond acceptors (Lipinski definition) is 6. The van der Waals surface area contributed by atoms with Crippen LogP contribution in [0.1, 0.15) is 30.6 Å². The largest absolute Gasteiger partial charge is 0.465 e. The molecule has 0 saturated carbocycles. The summed E-state index contributed by atoms with van der Waals surface area (Å²) < 4.78 is 11.5. The fourth-order valence-electron chi connectivity index (χ4n) is 2.31. The third kappa shape index (κ3) is 4.15. The lowest BCUT2D eigenvalue weighted by Gasteiger charge is -2.14. The molecule has 1 aromatic carbocycles. The van der Waals surface area contributed by atoms with E-state index >= 15 is 0 Å². The number of benzene rings is 1. The van der Waals surface area contributed by atoms with Gasteiger partial charge in [-0.25, -0.2) is 9.78 Å². The molecule has 0 radical (unpaired) electrons. The van der Waals surface area contributed by atoms with Gasteiger partial charge in [0.15, 0.2) is 5.16 Å². The van der Waals surface area contributed by atoms with Crippen molar-refractivity contribution in [1.29, 1.82) is 0 Å². The fourth-order valence-corrected chi connectivity index (χ4v) is 3.18. The standard InChI is InChI=1S/C17H22N2O4S/c1-11(2)24-17-18-14-10-12(16(21)23-4)6-7-13(14)15(20)19(17)8-5-9-22-3/h6-7,10-11H,5,8-9H2,1-4H3. The van der Waals surface area contributed by atoms with E-state index in [9.17, 15) is 9.59 Å². The van der Waals surface area contributed by atoms with Crippen LogP contribution in [0.3, 0.4) is 0 Å². The molecule has 1 aromatic heterocycles. The Morgan fingerprint density at radius 3 is 2.71 bits per heavy atom. The van der Waals surface area contributed by atoms with Gasteiger partial charge >= 0.3 is 5.97 Å². The number of carbonyl (C=O) groups is 1. The highest BCUT2D eigenvalue weighted by Gasteiger charge is 2.15. The maximum atomic E-state index is 12.8. The predicted molar refractivity (Wildman–Crippen MR) is 94.8 cm³/mol. The van der Waals surface area contributed by atoms with Crippen LogP contribution >= 0.6 is 11.8 Å². The van der Waals surface area contributed by atoms with Crippen molar-refractivity contribution >= 4 is 28.6 Å². The lowest BCUT2D eigenvalue weighted by atomic mass is 10.1. The van der Waals surface area contributed by atoms with E-state index in [-0.39, 0.29) is 10.8 Å². The second kappa shape index (κ2) is 8.30. The van der Waals surface area contributed by atoms with Gasteiger partial charge in [0, 0.05) is 25.5 Å². The molecule has 130 valence electrons. The van der Waals surface area contributed by atoms with E-state index in [0.29, 0.717) is 34.8 Å². The van der Waals surface area contributed by atoms with Gasteiger partial charge in [0.2, 0.25) is 0 Å². The molecule has 0 aliphatic rings. The molecular weight excluding hydrogens is 328 g/mol. The van der Waals surface area contributed by atoms with Crippen LogP contribution in [0.4, 0.5) is 0 Å². The Bertz CT molecular complexity index is 786. The Kier molecular flexibility index (Phi) is 6.39. The summed E-state index contributed by atoms with van der Waals surface area (Å²) in [5.41, 5.74) is 0.791. The molecule has 6 nitrogen and oxygen atoms in total. The molecule has 2 aromatic rings. The Balaban J connectivity index is 2.56. The minimum Gasteiger partial charge on any atom is -0.465 e. The summed E-state index contributed by atoms with van der Waals surface area (Å²) in [6.45, 7) is 5.22. The van der Waals surface area contributed by atoms with Gasteiger partial charge in [-0.05, 0) is 24.6 Å². The highest BCUT2D eigenvalue weighted by Crippen LogP contribution is 2.23. The molecule has 0 spiro atoms. The van der Waals surface area contributed by atoms with Gasteiger partial charge in [-0.15, -0.1) is 0 Å². The molecule has 0 amide bonds. The molecule has 7 heteroatoms. The van der Waals surface area contributed by atoms with E-state index in [1.54, 1.807) is 29.9 Å². The summed E-state index contributed by atoms with van der Waals surface area (Å²) >= 11 is 1.53. The topological polar surface area (TPSA) is 70.4 Å². The molecule has 0 atom stereocenters. The quantitative estimate of drug-likeness (QED) is 0.331. The number of esters is 1. The zero-order valence-corrected chi connectivity index (χ0v) is 15.2. The second-order valence-electron chi connectivity index (χ2n) is 5.59. The molecule has 24 heavy (non-hydrogen) atoms. The highest BCUT2D eigenvalue weighted by molar-refractivity contribution is 7.99. The lowest BCUT2D eigenvalue weighted by Crippen LogP contribution is -2.24. The van der Waals surface area contributed by atoms with Gasteiger partial charge in [-0.3, -0.25) is 9.36 Å². The maximum Gasteiger partial charge on any atom is 0.337 e. The highest BCUT2D eigenvalue weighted by atomic mass is 32.2. The number of methoxy groups -OCH3 is 2. The lowest BCUT2D eigenvalue weighted by molar-refractivity contribution is 0.0601. The first-order valence-electron chi connectivity index (χ1n) is 7.76. The van der Waals surface area contributed by atoms with E-state index in [1.807, 2.05) is 13.8 Å². The van der Waals surface area contributed by atoms with Crippen LogP contribution in [0, 0.1) is 0 Å². The van der Waals surface area contributed by atoms with Crippen molar-refractivity contribution in [3.05, 3.63) is 34.1 Å². The number of thioether (sulfide) groups is 1. The van der Waals surface area contributed by atoms with Gasteiger partial charge in [0.05, 0.1) is 23.6 Å². The minimum absolute atomic E-state index is 0.101. The molecule has 0 bridgehead atoms. The third-order valence-corrected chi connectivity index (χ3v) is 4.41. The molecular formula is C17H22N2O4S. The molecule has 2 rings (SSSR count). The Hall–Kier alpha value is -1.86. The maximum absolute atomic E-state index is 12.8. The number of carbonyl (C=O) groups excluding carboxylic acids is 1. The first kappa shape index (κ1) is 18.5. The zero-order chi connectivity index (χ0) is 17.7. The van der Waals surface area contributed by atoms with Crippen LogP contribution in [0.25, 0.3) is 10.9 Å². The smallest absolute Gasteiger partial charge is 0.337 e. The summed E-state index contributed by atoms with van der Waals surface area (Å²) in [4.78, 5) is 29.1. The fraction of sp³-hybridized carbons (Fsp3) is 0.471. The first-order chi connectivity index (χ1) is 11.5. The minimum atomic E-state index is -0.443. The van der Waals surface area contributed by atoms with Gasteiger partial charge in [-0.1, -0.05) is 25.6 Å².